The van der Waals surface area contributed by atoms with Crippen LogP contribution in [0.4, 0.5) is 5.69 Å². The smallest absolute Gasteiger partial charge is 0.252 e. The van der Waals surface area contributed by atoms with Crippen LogP contribution in [0.15, 0.2) is 41.3 Å². The first-order valence-corrected chi connectivity index (χ1v) is 9.28. The number of nitrogens with one attached hydrogen (secondary N) is 2. The van der Waals surface area contributed by atoms with Crippen molar-refractivity contribution in [1.82, 2.24) is 14.5 Å². The molecule has 0 saturated heterocycles. The first kappa shape index (κ1) is 17.5. The van der Waals surface area contributed by atoms with E-state index in [0.717, 1.165) is 47.6 Å². The van der Waals surface area contributed by atoms with E-state index >= 15 is 0 Å². The van der Waals surface area contributed by atoms with Crippen LogP contribution in [-0.2, 0) is 17.6 Å². The van der Waals surface area contributed by atoms with Gasteiger partial charge in [0.15, 0.2) is 0 Å². The number of hydrogen-bond donors (Lipinski definition) is 2. The lowest BCUT2D eigenvalue weighted by Gasteiger charge is -2.14. The number of imidazole rings is 1. The molecule has 0 bridgehead atoms. The van der Waals surface area contributed by atoms with Crippen molar-refractivity contribution in [1.29, 1.82) is 0 Å². The molecule has 6 nitrogen and oxygen atoms in total. The molecule has 1 amide bonds. The lowest BCUT2D eigenvalue weighted by molar-refractivity contribution is -0.105. The number of carbonyl (C=O) groups excluding carboxylic acids is 1. The van der Waals surface area contributed by atoms with Gasteiger partial charge in [-0.25, -0.2) is 4.98 Å². The molecule has 138 valence electrons. The minimum Gasteiger partial charge on any atom is -0.344 e. The number of nitrogens with zero attached hydrogens (tertiary/aromatic N) is 2. The summed E-state index contributed by atoms with van der Waals surface area (Å²) in [6.07, 6.45) is 4.93. The van der Waals surface area contributed by atoms with Crippen LogP contribution in [0.2, 0.25) is 5.02 Å². The fourth-order valence-corrected chi connectivity index (χ4v) is 3.85. The van der Waals surface area contributed by atoms with E-state index in [4.69, 9.17) is 11.6 Å². The minimum atomic E-state index is -0.0866. The zero-order valence-electron chi connectivity index (χ0n) is 14.8. The molecular formula is C20H19ClN4O2. The average Bonchev–Trinajstić information content (AvgIpc) is 3.29. The number of amides is 1. The van der Waals surface area contributed by atoms with Crippen LogP contribution in [-0.4, -0.2) is 20.9 Å². The van der Waals surface area contributed by atoms with Gasteiger partial charge in [-0.15, -0.1) is 0 Å². The highest BCUT2D eigenvalue weighted by molar-refractivity contribution is 6.31. The number of pyridine rings is 1. The molecule has 1 aliphatic heterocycles. The molecule has 1 atom stereocenters. The lowest BCUT2D eigenvalue weighted by atomic mass is 10.0. The molecule has 4 rings (SSSR count). The molecule has 0 fully saturated rings. The molecule has 0 radical (unpaired) electrons. The molecule has 0 spiro atoms. The van der Waals surface area contributed by atoms with Crippen LogP contribution in [0.1, 0.15) is 36.6 Å². The van der Waals surface area contributed by atoms with Crippen molar-refractivity contribution in [3.8, 4) is 11.1 Å². The van der Waals surface area contributed by atoms with Gasteiger partial charge in [0.1, 0.15) is 5.82 Å². The Kier molecular flexibility index (Phi) is 4.58. The fourth-order valence-electron chi connectivity index (χ4n) is 3.68. The zero-order chi connectivity index (χ0) is 19.0. The number of hydrogen-bond acceptors (Lipinski definition) is 3. The summed E-state index contributed by atoms with van der Waals surface area (Å²) in [4.78, 5) is 31.6. The zero-order valence-corrected chi connectivity index (χ0v) is 15.6. The molecule has 3 aromatic rings. The maximum Gasteiger partial charge on any atom is 0.252 e. The van der Waals surface area contributed by atoms with Crippen LogP contribution < -0.4 is 10.9 Å². The summed E-state index contributed by atoms with van der Waals surface area (Å²) < 4.78 is 1.80. The van der Waals surface area contributed by atoms with E-state index < -0.39 is 0 Å². The predicted octanol–water partition coefficient (Wildman–Crippen LogP) is 3.56. The monoisotopic (exact) mass is 382 g/mol. The highest BCUT2D eigenvalue weighted by Crippen LogP contribution is 2.34. The predicted molar refractivity (Wildman–Crippen MR) is 105 cm³/mol. The Morgan fingerprint density at radius 3 is 2.96 bits per heavy atom. The third kappa shape index (κ3) is 3.17. The third-order valence-corrected chi connectivity index (χ3v) is 5.22. The second-order valence-electron chi connectivity index (χ2n) is 6.60. The number of aromatic amines is 1. The second-order valence-corrected chi connectivity index (χ2v) is 7.03. The summed E-state index contributed by atoms with van der Waals surface area (Å²) in [6.45, 7) is 2.06. The average molecular weight is 383 g/mol. The van der Waals surface area contributed by atoms with Gasteiger partial charge in [0.05, 0.1) is 6.04 Å². The van der Waals surface area contributed by atoms with Gasteiger partial charge >= 0.3 is 0 Å². The maximum atomic E-state index is 12.9. The number of anilines is 1. The second kappa shape index (κ2) is 7.04. The van der Waals surface area contributed by atoms with Crippen molar-refractivity contribution in [2.45, 2.75) is 32.2 Å². The van der Waals surface area contributed by atoms with E-state index in [9.17, 15) is 9.59 Å². The Morgan fingerprint density at radius 1 is 1.37 bits per heavy atom. The first-order chi connectivity index (χ1) is 13.1. The van der Waals surface area contributed by atoms with Gasteiger partial charge in [0, 0.05) is 39.9 Å². The summed E-state index contributed by atoms with van der Waals surface area (Å²) in [7, 11) is 0. The van der Waals surface area contributed by atoms with Crippen LogP contribution in [0.5, 0.6) is 0 Å². The first-order valence-electron chi connectivity index (χ1n) is 8.90. The van der Waals surface area contributed by atoms with Crippen molar-refractivity contribution >= 4 is 23.7 Å². The Labute approximate surface area is 161 Å². The standard InChI is InChI=1S/C20H19ClN4O2/c1-2-14-10-22-20(24-14)18-6-4-15-7-12(8-19(27)25(15)18)16-9-13(21)3-5-17(16)23-11-26/h3,5,7-11,18H,2,4,6H2,1H3,(H,22,24)(H,23,26). The van der Waals surface area contributed by atoms with Crippen LogP contribution in [0.3, 0.4) is 0 Å². The van der Waals surface area contributed by atoms with E-state index in [1.807, 2.05) is 12.3 Å². The summed E-state index contributed by atoms with van der Waals surface area (Å²) in [5.74, 6) is 0.825. The lowest BCUT2D eigenvalue weighted by Crippen LogP contribution is -2.23. The van der Waals surface area contributed by atoms with Gasteiger partial charge in [0.2, 0.25) is 6.41 Å². The SMILES string of the molecule is CCc1cnc(C2CCc3cc(-c4cc(Cl)ccc4NC=O)cc(=O)n32)[nH]1. The Morgan fingerprint density at radius 2 is 2.22 bits per heavy atom. The normalized spacial score (nSPS) is 15.6. The minimum absolute atomic E-state index is 0.0752. The summed E-state index contributed by atoms with van der Waals surface area (Å²) in [5, 5.41) is 3.21. The van der Waals surface area contributed by atoms with Crippen molar-refractivity contribution in [2.75, 3.05) is 5.32 Å². The van der Waals surface area contributed by atoms with Crippen LogP contribution in [0.25, 0.3) is 11.1 Å². The highest BCUT2D eigenvalue weighted by atomic mass is 35.5. The van der Waals surface area contributed by atoms with E-state index in [-0.39, 0.29) is 11.6 Å². The molecule has 1 unspecified atom stereocenters. The van der Waals surface area contributed by atoms with Gasteiger partial charge < -0.3 is 14.9 Å². The maximum absolute atomic E-state index is 12.9. The molecule has 1 aliphatic rings. The highest BCUT2D eigenvalue weighted by Gasteiger charge is 2.27. The number of H-pyrrole nitrogens is 1. The van der Waals surface area contributed by atoms with Gasteiger partial charge in [0.25, 0.3) is 5.56 Å². The number of aryl methyl sites for hydroxylation is 2. The fraction of sp³-hybridized carbons (Fsp3) is 0.250. The molecular weight excluding hydrogens is 364 g/mol. The van der Waals surface area contributed by atoms with Crippen LogP contribution >= 0.6 is 11.6 Å². The van der Waals surface area contributed by atoms with Gasteiger partial charge in [-0.3, -0.25) is 9.59 Å². The third-order valence-electron chi connectivity index (χ3n) is 4.99. The Hall–Kier alpha value is -2.86. The molecule has 3 heterocycles. The number of carbonyl (C=O) groups is 1. The quantitative estimate of drug-likeness (QED) is 0.662. The summed E-state index contributed by atoms with van der Waals surface area (Å²) >= 11 is 6.13. The molecule has 2 N–H and O–H groups in total. The summed E-state index contributed by atoms with van der Waals surface area (Å²) in [5.41, 5.74) is 4.02. The van der Waals surface area contributed by atoms with Crippen molar-refractivity contribution in [3.63, 3.8) is 0 Å². The molecule has 1 aromatic carbocycles. The van der Waals surface area contributed by atoms with Crippen LogP contribution in [0, 0.1) is 0 Å². The molecule has 27 heavy (non-hydrogen) atoms. The van der Waals surface area contributed by atoms with E-state index in [0.29, 0.717) is 17.1 Å². The Bertz CT molecular complexity index is 1070. The molecule has 0 aliphatic carbocycles. The van der Waals surface area contributed by atoms with Gasteiger partial charge in [-0.1, -0.05) is 18.5 Å². The molecule has 0 saturated carbocycles. The summed E-state index contributed by atoms with van der Waals surface area (Å²) in [6, 6.07) is 8.70. The van der Waals surface area contributed by atoms with Crippen molar-refractivity contribution < 1.29 is 4.79 Å². The number of benzene rings is 1. The largest absolute Gasteiger partial charge is 0.344 e. The number of rotatable bonds is 5. The number of fused-ring (bicyclic) bond motifs is 1. The van der Waals surface area contributed by atoms with Crippen molar-refractivity contribution in [3.05, 3.63) is 69.1 Å². The van der Waals surface area contributed by atoms with Gasteiger partial charge in [-0.05, 0) is 49.1 Å². The number of halogens is 1. The van der Waals surface area contributed by atoms with Gasteiger partial charge in [-0.2, -0.15) is 0 Å². The van der Waals surface area contributed by atoms with E-state index in [2.05, 4.69) is 22.2 Å². The van der Waals surface area contributed by atoms with E-state index in [1.54, 1.807) is 28.8 Å². The molecule has 2 aromatic heterocycles. The van der Waals surface area contributed by atoms with Crippen molar-refractivity contribution in [2.24, 2.45) is 0 Å². The van der Waals surface area contributed by atoms with E-state index in [1.165, 1.54) is 0 Å². The number of aromatic nitrogens is 3. The molecule has 7 heteroatoms. The Balaban J connectivity index is 1.79. The topological polar surface area (TPSA) is 79.8 Å².